The summed E-state index contributed by atoms with van der Waals surface area (Å²) in [4.78, 5) is 11.9. The molecule has 2 aliphatic rings. The minimum absolute atomic E-state index is 0.186. The van der Waals surface area contributed by atoms with Gasteiger partial charge in [0.15, 0.2) is 0 Å². The van der Waals surface area contributed by atoms with Gasteiger partial charge in [-0.3, -0.25) is 4.79 Å². The Kier molecular flexibility index (Phi) is 6.80. The lowest BCUT2D eigenvalue weighted by atomic mass is 9.98. The van der Waals surface area contributed by atoms with Gasteiger partial charge in [0.1, 0.15) is 0 Å². The van der Waals surface area contributed by atoms with Crippen LogP contribution in [0.15, 0.2) is 0 Å². The first-order chi connectivity index (χ1) is 9.79. The molecule has 0 radical (unpaired) electrons. The molecule has 1 aliphatic carbocycles. The summed E-state index contributed by atoms with van der Waals surface area (Å²) >= 11 is 0. The highest BCUT2D eigenvalue weighted by Crippen LogP contribution is 2.30. The number of carbonyl (C=O) groups excluding carboxylic acids is 1. The largest absolute Gasteiger partial charge is 0.378 e. The van der Waals surface area contributed by atoms with Crippen LogP contribution in [0.25, 0.3) is 0 Å². The van der Waals surface area contributed by atoms with Crippen molar-refractivity contribution in [1.82, 2.24) is 10.6 Å². The molecule has 4 heteroatoms. The summed E-state index contributed by atoms with van der Waals surface area (Å²) in [5.74, 6) is 0.898. The van der Waals surface area contributed by atoms with Crippen molar-refractivity contribution in [3.05, 3.63) is 0 Å². The van der Waals surface area contributed by atoms with E-state index in [1.165, 1.54) is 32.1 Å². The van der Waals surface area contributed by atoms with Gasteiger partial charge in [-0.05, 0) is 51.5 Å². The molecule has 2 rings (SSSR count). The molecule has 116 valence electrons. The van der Waals surface area contributed by atoms with Crippen LogP contribution in [-0.2, 0) is 9.53 Å². The molecule has 0 aromatic heterocycles. The highest BCUT2D eigenvalue weighted by Gasteiger charge is 2.25. The second kappa shape index (κ2) is 8.63. The highest BCUT2D eigenvalue weighted by molar-refractivity contribution is 5.76. The van der Waals surface area contributed by atoms with Crippen LogP contribution >= 0.6 is 0 Å². The molecule has 0 bridgehead atoms. The predicted molar refractivity (Wildman–Crippen MR) is 80.6 cm³/mol. The second-order valence-corrected chi connectivity index (χ2v) is 6.17. The molecular weight excluding hydrogens is 252 g/mol. The van der Waals surface area contributed by atoms with Gasteiger partial charge in [0.05, 0.1) is 6.10 Å². The Balaban J connectivity index is 1.62. The Morgan fingerprint density at radius 2 is 2.10 bits per heavy atom. The van der Waals surface area contributed by atoms with Gasteiger partial charge >= 0.3 is 0 Å². The van der Waals surface area contributed by atoms with Crippen molar-refractivity contribution >= 4 is 5.91 Å². The van der Waals surface area contributed by atoms with E-state index in [0.717, 1.165) is 32.5 Å². The molecular formula is C16H30N2O2. The highest BCUT2D eigenvalue weighted by atomic mass is 16.5. The summed E-state index contributed by atoms with van der Waals surface area (Å²) in [5, 5.41) is 6.43. The number of ether oxygens (including phenoxy) is 1. The molecule has 1 heterocycles. The molecule has 2 N–H and O–H groups in total. The predicted octanol–water partition coefficient (Wildman–Crippen LogP) is 2.23. The lowest BCUT2D eigenvalue weighted by Crippen LogP contribution is -2.34. The number of rotatable bonds is 8. The van der Waals surface area contributed by atoms with E-state index in [1.54, 1.807) is 0 Å². The SMILES string of the molecule is CCOC(CCNC(=O)CC1CCCN1)C1CCCC1. The smallest absolute Gasteiger partial charge is 0.221 e. The number of nitrogens with one attached hydrogen (secondary N) is 2. The molecule has 1 amide bonds. The molecule has 4 nitrogen and oxygen atoms in total. The minimum atomic E-state index is 0.186. The van der Waals surface area contributed by atoms with Gasteiger partial charge in [0.25, 0.3) is 0 Å². The molecule has 2 fully saturated rings. The van der Waals surface area contributed by atoms with Crippen LogP contribution in [0.2, 0.25) is 0 Å². The minimum Gasteiger partial charge on any atom is -0.378 e. The zero-order valence-electron chi connectivity index (χ0n) is 12.8. The van der Waals surface area contributed by atoms with Crippen molar-refractivity contribution in [3.63, 3.8) is 0 Å². The maximum Gasteiger partial charge on any atom is 0.221 e. The van der Waals surface area contributed by atoms with Crippen LogP contribution in [0.3, 0.4) is 0 Å². The van der Waals surface area contributed by atoms with Gasteiger partial charge in [-0.2, -0.15) is 0 Å². The van der Waals surface area contributed by atoms with E-state index in [9.17, 15) is 4.79 Å². The van der Waals surface area contributed by atoms with E-state index in [2.05, 4.69) is 17.6 Å². The Morgan fingerprint density at radius 3 is 2.75 bits per heavy atom. The van der Waals surface area contributed by atoms with E-state index in [-0.39, 0.29) is 5.91 Å². The molecule has 0 spiro atoms. The summed E-state index contributed by atoms with van der Waals surface area (Å²) < 4.78 is 5.88. The second-order valence-electron chi connectivity index (χ2n) is 6.17. The maximum absolute atomic E-state index is 11.9. The molecule has 1 aliphatic heterocycles. The molecule has 1 saturated heterocycles. The van der Waals surface area contributed by atoms with Crippen molar-refractivity contribution in [1.29, 1.82) is 0 Å². The van der Waals surface area contributed by atoms with Gasteiger partial charge in [-0.15, -0.1) is 0 Å². The first-order valence-electron chi connectivity index (χ1n) is 8.41. The fourth-order valence-corrected chi connectivity index (χ4v) is 3.58. The fraction of sp³-hybridized carbons (Fsp3) is 0.938. The Labute approximate surface area is 123 Å². The fourth-order valence-electron chi connectivity index (χ4n) is 3.58. The van der Waals surface area contributed by atoms with Crippen LogP contribution < -0.4 is 10.6 Å². The van der Waals surface area contributed by atoms with Crippen molar-refractivity contribution in [3.8, 4) is 0 Å². The Morgan fingerprint density at radius 1 is 1.30 bits per heavy atom. The third-order valence-electron chi connectivity index (χ3n) is 4.65. The monoisotopic (exact) mass is 282 g/mol. The van der Waals surface area contributed by atoms with Gasteiger partial charge in [0, 0.05) is 25.6 Å². The summed E-state index contributed by atoms with van der Waals surface area (Å²) in [5.41, 5.74) is 0. The lowest BCUT2D eigenvalue weighted by Gasteiger charge is -2.23. The van der Waals surface area contributed by atoms with E-state index >= 15 is 0 Å². The van der Waals surface area contributed by atoms with Gasteiger partial charge in [-0.1, -0.05) is 12.8 Å². The molecule has 20 heavy (non-hydrogen) atoms. The van der Waals surface area contributed by atoms with Crippen LogP contribution in [0.5, 0.6) is 0 Å². The van der Waals surface area contributed by atoms with Crippen LogP contribution in [0, 0.1) is 5.92 Å². The molecule has 0 aromatic rings. The Hall–Kier alpha value is -0.610. The summed E-state index contributed by atoms with van der Waals surface area (Å²) in [6, 6.07) is 0.396. The van der Waals surface area contributed by atoms with E-state index in [4.69, 9.17) is 4.74 Å². The zero-order chi connectivity index (χ0) is 14.2. The quantitative estimate of drug-likeness (QED) is 0.718. The first-order valence-corrected chi connectivity index (χ1v) is 8.41. The number of carbonyl (C=O) groups is 1. The summed E-state index contributed by atoms with van der Waals surface area (Å²) in [7, 11) is 0. The maximum atomic E-state index is 11.9. The topological polar surface area (TPSA) is 50.4 Å². The van der Waals surface area contributed by atoms with E-state index in [0.29, 0.717) is 24.5 Å². The summed E-state index contributed by atoms with van der Waals surface area (Å²) in [6.45, 7) is 4.66. The summed E-state index contributed by atoms with van der Waals surface area (Å²) in [6.07, 6.45) is 9.54. The van der Waals surface area contributed by atoms with Gasteiger partial charge in [-0.25, -0.2) is 0 Å². The van der Waals surface area contributed by atoms with Gasteiger partial charge < -0.3 is 15.4 Å². The molecule has 2 unspecified atom stereocenters. The van der Waals surface area contributed by atoms with E-state index in [1.807, 2.05) is 0 Å². The third kappa shape index (κ3) is 5.06. The number of hydrogen-bond acceptors (Lipinski definition) is 3. The van der Waals surface area contributed by atoms with Crippen LogP contribution in [-0.4, -0.2) is 37.7 Å². The van der Waals surface area contributed by atoms with Gasteiger partial charge in [0.2, 0.25) is 5.91 Å². The number of amides is 1. The first kappa shape index (κ1) is 15.8. The van der Waals surface area contributed by atoms with Crippen LogP contribution in [0.4, 0.5) is 0 Å². The molecule has 0 aromatic carbocycles. The zero-order valence-corrected chi connectivity index (χ0v) is 12.8. The normalized spacial score (nSPS) is 24.9. The van der Waals surface area contributed by atoms with Crippen molar-refractivity contribution in [2.24, 2.45) is 5.92 Å². The van der Waals surface area contributed by atoms with Crippen molar-refractivity contribution in [2.75, 3.05) is 19.7 Å². The third-order valence-corrected chi connectivity index (χ3v) is 4.65. The van der Waals surface area contributed by atoms with E-state index < -0.39 is 0 Å². The molecule has 1 saturated carbocycles. The lowest BCUT2D eigenvalue weighted by molar-refractivity contribution is -0.121. The van der Waals surface area contributed by atoms with Crippen molar-refractivity contribution in [2.45, 2.75) is 70.4 Å². The van der Waals surface area contributed by atoms with Crippen molar-refractivity contribution < 1.29 is 9.53 Å². The Bertz CT molecular complexity index is 284. The standard InChI is InChI=1S/C16H30N2O2/c1-2-20-15(13-6-3-4-7-13)9-11-18-16(19)12-14-8-5-10-17-14/h13-15,17H,2-12H2,1H3,(H,18,19). The average molecular weight is 282 g/mol. The molecule has 2 atom stereocenters. The number of hydrogen-bond donors (Lipinski definition) is 2. The van der Waals surface area contributed by atoms with Crippen LogP contribution in [0.1, 0.15) is 58.3 Å². The average Bonchev–Trinajstić information content (AvgIpc) is 3.10.